The third-order valence-corrected chi connectivity index (χ3v) is 7.59. The lowest BCUT2D eigenvalue weighted by atomic mass is 9.92. The van der Waals surface area contributed by atoms with Crippen LogP contribution in [0.3, 0.4) is 0 Å². The summed E-state index contributed by atoms with van der Waals surface area (Å²) in [6.07, 6.45) is 1.94. The van der Waals surface area contributed by atoms with Crippen LogP contribution in [0.4, 0.5) is 4.39 Å². The van der Waals surface area contributed by atoms with Gasteiger partial charge in [-0.25, -0.2) is 4.39 Å². The molecule has 0 aromatic heterocycles. The van der Waals surface area contributed by atoms with Gasteiger partial charge >= 0.3 is 0 Å². The molecule has 0 spiro atoms. The molecule has 3 atom stereocenters. The molecule has 3 N–H and O–H groups in total. The number of phenolic OH excluding ortho intramolecular Hbond substituents is 1. The number of rotatable bonds is 15. The first-order valence-corrected chi connectivity index (χ1v) is 15.2. The Morgan fingerprint density at radius 2 is 1.49 bits per heavy atom. The quantitative estimate of drug-likeness (QED) is 0.131. The normalized spacial score (nSPS) is 13.1. The number of hydrogen-bond donors (Lipinski definition) is 3. The predicted octanol–water partition coefficient (Wildman–Crippen LogP) is 7.30. The lowest BCUT2D eigenvalue weighted by Gasteiger charge is -2.31. The van der Waals surface area contributed by atoms with Gasteiger partial charge in [-0.15, -0.1) is 0 Å². The second kappa shape index (κ2) is 16.4. The molecule has 0 saturated carbocycles. The second-order valence-electron chi connectivity index (χ2n) is 11.5. The Balaban J connectivity index is 1.54. The summed E-state index contributed by atoms with van der Waals surface area (Å²) in [5.41, 5.74) is 1.41. The summed E-state index contributed by atoms with van der Waals surface area (Å²) >= 11 is 0. The molecule has 0 radical (unpaired) electrons. The largest absolute Gasteiger partial charge is 0.507 e. The predicted molar refractivity (Wildman–Crippen MR) is 173 cm³/mol. The zero-order chi connectivity index (χ0) is 32.2. The summed E-state index contributed by atoms with van der Waals surface area (Å²) < 4.78 is 25.5. The summed E-state index contributed by atoms with van der Waals surface area (Å²) in [7, 11) is 1.58. The zero-order valence-corrected chi connectivity index (χ0v) is 25.9. The van der Waals surface area contributed by atoms with Crippen molar-refractivity contribution < 1.29 is 28.6 Å². The van der Waals surface area contributed by atoms with Gasteiger partial charge in [-0.1, -0.05) is 68.4 Å². The van der Waals surface area contributed by atoms with E-state index < -0.39 is 29.6 Å². The van der Waals surface area contributed by atoms with E-state index in [2.05, 4.69) is 24.5 Å². The van der Waals surface area contributed by atoms with Crippen molar-refractivity contribution in [1.82, 2.24) is 10.6 Å². The highest BCUT2D eigenvalue weighted by atomic mass is 19.1. The maximum atomic E-state index is 13.6. The minimum atomic E-state index is -0.638. The van der Waals surface area contributed by atoms with Gasteiger partial charge in [0.05, 0.1) is 17.7 Å². The van der Waals surface area contributed by atoms with Crippen molar-refractivity contribution in [3.63, 3.8) is 0 Å². The van der Waals surface area contributed by atoms with E-state index in [-0.39, 0.29) is 17.5 Å². The average molecular weight is 613 g/mol. The van der Waals surface area contributed by atoms with Crippen LogP contribution in [-0.2, 0) is 11.2 Å². The van der Waals surface area contributed by atoms with Gasteiger partial charge in [-0.05, 0) is 79.6 Å². The molecule has 0 aliphatic carbocycles. The van der Waals surface area contributed by atoms with Crippen molar-refractivity contribution in [3.8, 4) is 17.2 Å². The van der Waals surface area contributed by atoms with Crippen LogP contribution in [-0.4, -0.2) is 42.2 Å². The maximum absolute atomic E-state index is 13.6. The molecule has 0 saturated heterocycles. The number of ether oxygens (including phenoxy) is 2. The molecule has 7 nitrogen and oxygen atoms in total. The summed E-state index contributed by atoms with van der Waals surface area (Å²) in [5.74, 6) is -0.230. The molecular formula is C37H41FN2O5. The van der Waals surface area contributed by atoms with E-state index in [1.165, 1.54) is 6.07 Å². The molecule has 0 aliphatic heterocycles. The number of aromatic hydroxyl groups is 1. The maximum Gasteiger partial charge on any atom is 0.255 e. The highest BCUT2D eigenvalue weighted by Crippen LogP contribution is 2.24. The number of benzene rings is 4. The number of methoxy groups -OCH3 is 1. The van der Waals surface area contributed by atoms with E-state index in [1.54, 1.807) is 31.4 Å². The molecule has 8 heteroatoms. The number of hydrogen-bond acceptors (Lipinski definition) is 5. The van der Waals surface area contributed by atoms with E-state index in [0.717, 1.165) is 24.1 Å². The smallest absolute Gasteiger partial charge is 0.255 e. The lowest BCUT2D eigenvalue weighted by Crippen LogP contribution is -2.49. The lowest BCUT2D eigenvalue weighted by molar-refractivity contribution is 0.0466. The van der Waals surface area contributed by atoms with E-state index >= 15 is 0 Å². The molecule has 0 aliphatic rings. The fraction of sp³-hybridized carbons (Fsp3) is 0.297. The molecule has 4 rings (SSSR count). The highest BCUT2D eigenvalue weighted by Gasteiger charge is 2.29. The summed E-state index contributed by atoms with van der Waals surface area (Å²) in [6.45, 7) is 4.26. The molecule has 2 amide bonds. The fourth-order valence-corrected chi connectivity index (χ4v) is 5.17. The molecular weight excluding hydrogens is 571 g/mol. The first-order chi connectivity index (χ1) is 21.7. The first-order valence-electron chi connectivity index (χ1n) is 15.2. The Morgan fingerprint density at radius 3 is 2.16 bits per heavy atom. The summed E-state index contributed by atoms with van der Waals surface area (Å²) in [4.78, 5) is 26.8. The molecule has 0 bridgehead atoms. The Morgan fingerprint density at radius 1 is 0.800 bits per heavy atom. The van der Waals surface area contributed by atoms with Crippen molar-refractivity contribution >= 4 is 11.8 Å². The fourth-order valence-electron chi connectivity index (χ4n) is 5.17. The van der Waals surface area contributed by atoms with Crippen LogP contribution in [0, 0.1) is 11.7 Å². The highest BCUT2D eigenvalue weighted by molar-refractivity contribution is 5.97. The second-order valence-corrected chi connectivity index (χ2v) is 11.5. The number of nitrogens with one attached hydrogen (secondary N) is 2. The minimum absolute atomic E-state index is 0.0356. The third-order valence-electron chi connectivity index (χ3n) is 7.59. The van der Waals surface area contributed by atoms with Gasteiger partial charge in [0.1, 0.15) is 23.1 Å². The van der Waals surface area contributed by atoms with Gasteiger partial charge in [0.25, 0.3) is 11.8 Å². The van der Waals surface area contributed by atoms with Crippen LogP contribution < -0.4 is 15.4 Å². The first kappa shape index (κ1) is 33.2. The molecule has 0 heterocycles. The van der Waals surface area contributed by atoms with Gasteiger partial charge in [0, 0.05) is 24.8 Å². The standard InChI is InChI=1S/C37H41FN2O5/c1-25(2)17-19-29(39-36(42)27-13-10-16-31(22-27)45-30-14-8-5-9-15-30)24-35(44-3)33(21-26-11-6-4-7-12-26)40-37(43)32-20-18-28(38)23-34(32)41/h4-16,18,20,22-23,25,29,33,35,41H,17,19,21,24H2,1-3H3,(H,39,42)(H,40,43)/t29?,33?,35-/m0/s1. The topological polar surface area (TPSA) is 96.9 Å². The minimum Gasteiger partial charge on any atom is -0.507 e. The monoisotopic (exact) mass is 612 g/mol. The van der Waals surface area contributed by atoms with E-state index in [0.29, 0.717) is 42.2 Å². The van der Waals surface area contributed by atoms with Crippen molar-refractivity contribution in [2.75, 3.05) is 7.11 Å². The van der Waals surface area contributed by atoms with Crippen molar-refractivity contribution in [1.29, 1.82) is 0 Å². The van der Waals surface area contributed by atoms with Crippen LogP contribution in [0.5, 0.6) is 17.2 Å². The number of carbonyl (C=O) groups excluding carboxylic acids is 2. The molecule has 236 valence electrons. The Hall–Kier alpha value is -4.69. The molecule has 4 aromatic rings. The number of carbonyl (C=O) groups is 2. The van der Waals surface area contributed by atoms with Crippen LogP contribution in [0.1, 0.15) is 59.4 Å². The molecule has 2 unspecified atom stereocenters. The van der Waals surface area contributed by atoms with Crippen molar-refractivity contribution in [2.45, 2.75) is 57.7 Å². The van der Waals surface area contributed by atoms with Gasteiger partial charge in [-0.3, -0.25) is 9.59 Å². The Bertz CT molecular complexity index is 1530. The van der Waals surface area contributed by atoms with E-state index in [4.69, 9.17) is 9.47 Å². The van der Waals surface area contributed by atoms with Gasteiger partial charge in [0.15, 0.2) is 0 Å². The SMILES string of the molecule is CO[C@@H](CC(CCC(C)C)NC(=O)c1cccc(Oc2ccccc2)c1)C(Cc1ccccc1)NC(=O)c1ccc(F)cc1O. The molecule has 45 heavy (non-hydrogen) atoms. The van der Waals surface area contributed by atoms with Crippen LogP contribution >= 0.6 is 0 Å². The van der Waals surface area contributed by atoms with E-state index in [9.17, 15) is 19.1 Å². The zero-order valence-electron chi connectivity index (χ0n) is 25.9. The van der Waals surface area contributed by atoms with E-state index in [1.807, 2.05) is 60.7 Å². The van der Waals surface area contributed by atoms with Gasteiger partial charge in [-0.2, -0.15) is 0 Å². The summed E-state index contributed by atoms with van der Waals surface area (Å²) in [5, 5.41) is 16.4. The molecule has 0 fully saturated rings. The average Bonchev–Trinajstić information content (AvgIpc) is 3.03. The number of para-hydroxylation sites is 1. The van der Waals surface area contributed by atoms with Crippen molar-refractivity contribution in [3.05, 3.63) is 126 Å². The van der Waals surface area contributed by atoms with Crippen LogP contribution in [0.25, 0.3) is 0 Å². The molecule has 4 aromatic carbocycles. The van der Waals surface area contributed by atoms with Crippen LogP contribution in [0.2, 0.25) is 0 Å². The van der Waals surface area contributed by atoms with Gasteiger partial charge in [0.2, 0.25) is 0 Å². The number of halogens is 1. The van der Waals surface area contributed by atoms with Gasteiger partial charge < -0.3 is 25.2 Å². The Labute approximate surface area is 264 Å². The van der Waals surface area contributed by atoms with Crippen molar-refractivity contribution in [2.24, 2.45) is 5.92 Å². The van der Waals surface area contributed by atoms with Crippen LogP contribution in [0.15, 0.2) is 103 Å². The number of amides is 2. The third kappa shape index (κ3) is 10.2. The Kier molecular flexibility index (Phi) is 12.1. The summed E-state index contributed by atoms with van der Waals surface area (Å²) in [6, 6.07) is 28.6. The number of phenols is 1.